The molecule has 0 spiro atoms. The minimum absolute atomic E-state index is 0.0725. The molecule has 0 N–H and O–H groups in total. The molecular weight excluding hydrogens is 202 g/mol. The fourth-order valence-electron chi connectivity index (χ4n) is 1.76. The third kappa shape index (κ3) is 7.69. The molecule has 0 aromatic rings. The van der Waals surface area contributed by atoms with E-state index in [0.717, 1.165) is 6.42 Å². The highest BCUT2D eigenvalue weighted by Gasteiger charge is 2.16. The molecule has 0 radical (unpaired) electrons. The smallest absolute Gasteiger partial charge is 0.307 e. The lowest BCUT2D eigenvalue weighted by Crippen LogP contribution is -2.31. The van der Waals surface area contributed by atoms with E-state index in [4.69, 9.17) is 4.74 Å². The summed E-state index contributed by atoms with van der Waals surface area (Å²) in [7, 11) is 4.06. The van der Waals surface area contributed by atoms with Crippen molar-refractivity contribution in [2.45, 2.75) is 58.4 Å². The lowest BCUT2D eigenvalue weighted by molar-refractivity contribution is -0.144. The first-order chi connectivity index (χ1) is 7.61. The lowest BCUT2D eigenvalue weighted by atomic mass is 10.0. The molecule has 0 aliphatic heterocycles. The highest BCUT2D eigenvalue weighted by atomic mass is 16.5. The Bertz CT molecular complexity index is 181. The van der Waals surface area contributed by atoms with Crippen molar-refractivity contribution in [2.75, 3.05) is 20.7 Å². The number of ether oxygens (including phenoxy) is 1. The summed E-state index contributed by atoms with van der Waals surface area (Å²) in [6.45, 7) is 4.54. The third-order valence-electron chi connectivity index (χ3n) is 2.83. The van der Waals surface area contributed by atoms with Crippen molar-refractivity contribution in [3.05, 3.63) is 0 Å². The Labute approximate surface area is 100 Å². The number of carbonyl (C=O) groups is 1. The first kappa shape index (κ1) is 15.4. The average Bonchev–Trinajstić information content (AvgIpc) is 2.22. The van der Waals surface area contributed by atoms with Gasteiger partial charge < -0.3 is 9.64 Å². The normalized spacial score (nSPS) is 12.8. The first-order valence-electron chi connectivity index (χ1n) is 6.43. The summed E-state index contributed by atoms with van der Waals surface area (Å²) in [4.78, 5) is 13.5. The van der Waals surface area contributed by atoms with Crippen molar-refractivity contribution in [3.8, 4) is 0 Å². The third-order valence-corrected chi connectivity index (χ3v) is 2.83. The lowest BCUT2D eigenvalue weighted by Gasteiger charge is -2.23. The van der Waals surface area contributed by atoms with Gasteiger partial charge in [-0.3, -0.25) is 4.79 Å². The summed E-state index contributed by atoms with van der Waals surface area (Å²) in [5.74, 6) is -0.0725. The molecule has 1 unspecified atom stereocenters. The second kappa shape index (κ2) is 9.64. The van der Waals surface area contributed by atoms with Gasteiger partial charge in [-0.2, -0.15) is 0 Å². The number of carbonyl (C=O) groups excluding carboxylic acids is 1. The van der Waals surface area contributed by atoms with E-state index in [-0.39, 0.29) is 5.97 Å². The molecule has 0 rings (SSSR count). The second-order valence-electron chi connectivity index (χ2n) is 4.48. The molecule has 0 saturated heterocycles. The molecule has 0 aromatic heterocycles. The van der Waals surface area contributed by atoms with Gasteiger partial charge in [0.25, 0.3) is 0 Å². The molecule has 3 heteroatoms. The van der Waals surface area contributed by atoms with Gasteiger partial charge in [0.2, 0.25) is 0 Å². The fraction of sp³-hybridized carbons (Fsp3) is 0.923. The van der Waals surface area contributed by atoms with E-state index in [9.17, 15) is 4.79 Å². The molecule has 0 fully saturated rings. The van der Waals surface area contributed by atoms with E-state index in [1.54, 1.807) is 0 Å². The Morgan fingerprint density at radius 2 is 1.88 bits per heavy atom. The number of unbranched alkanes of at least 4 members (excludes halogenated alkanes) is 3. The summed E-state index contributed by atoms with van der Waals surface area (Å²) in [6.07, 6.45) is 6.63. The SMILES string of the molecule is CCCCCCC(CC(=O)OCC)N(C)C. The topological polar surface area (TPSA) is 29.5 Å². The van der Waals surface area contributed by atoms with Crippen LogP contribution in [0.1, 0.15) is 52.4 Å². The highest BCUT2D eigenvalue weighted by molar-refractivity contribution is 5.70. The maximum Gasteiger partial charge on any atom is 0.307 e. The standard InChI is InChI=1S/C13H27NO2/c1-5-7-8-9-10-12(14(3)4)11-13(15)16-6-2/h12H,5-11H2,1-4H3. The van der Waals surface area contributed by atoms with Crippen LogP contribution in [0.25, 0.3) is 0 Å². The van der Waals surface area contributed by atoms with E-state index in [1.807, 2.05) is 21.0 Å². The molecule has 0 aromatic carbocycles. The van der Waals surface area contributed by atoms with Crippen LogP contribution >= 0.6 is 0 Å². The van der Waals surface area contributed by atoms with Gasteiger partial charge in [-0.25, -0.2) is 0 Å². The summed E-state index contributed by atoms with van der Waals surface area (Å²) in [6, 6.07) is 0.330. The molecule has 96 valence electrons. The first-order valence-corrected chi connectivity index (χ1v) is 6.43. The van der Waals surface area contributed by atoms with Gasteiger partial charge in [-0.05, 0) is 27.4 Å². The quantitative estimate of drug-likeness (QED) is 0.450. The Balaban J connectivity index is 3.83. The zero-order valence-corrected chi connectivity index (χ0v) is 11.3. The molecule has 0 bridgehead atoms. The van der Waals surface area contributed by atoms with Crippen LogP contribution in [-0.2, 0) is 9.53 Å². The van der Waals surface area contributed by atoms with Crippen LogP contribution in [0.3, 0.4) is 0 Å². The van der Waals surface area contributed by atoms with Crippen LogP contribution in [0, 0.1) is 0 Å². The van der Waals surface area contributed by atoms with Crippen LogP contribution < -0.4 is 0 Å². The van der Waals surface area contributed by atoms with E-state index in [0.29, 0.717) is 19.1 Å². The Kier molecular flexibility index (Phi) is 9.30. The number of esters is 1. The van der Waals surface area contributed by atoms with Gasteiger partial charge in [-0.1, -0.05) is 32.6 Å². The van der Waals surface area contributed by atoms with E-state index < -0.39 is 0 Å². The molecule has 1 atom stereocenters. The summed E-state index contributed by atoms with van der Waals surface area (Å²) >= 11 is 0. The minimum Gasteiger partial charge on any atom is -0.466 e. The Morgan fingerprint density at radius 3 is 2.38 bits per heavy atom. The van der Waals surface area contributed by atoms with Crippen molar-refractivity contribution in [2.24, 2.45) is 0 Å². The summed E-state index contributed by atoms with van der Waals surface area (Å²) in [5.41, 5.74) is 0. The van der Waals surface area contributed by atoms with Gasteiger partial charge in [0, 0.05) is 6.04 Å². The molecule has 0 amide bonds. The van der Waals surface area contributed by atoms with Crippen LogP contribution in [0.4, 0.5) is 0 Å². The second-order valence-corrected chi connectivity index (χ2v) is 4.48. The number of hydrogen-bond acceptors (Lipinski definition) is 3. The average molecular weight is 229 g/mol. The number of rotatable bonds is 9. The zero-order chi connectivity index (χ0) is 12.4. The predicted molar refractivity (Wildman–Crippen MR) is 67.5 cm³/mol. The molecule has 0 aliphatic carbocycles. The van der Waals surface area contributed by atoms with Crippen molar-refractivity contribution in [1.29, 1.82) is 0 Å². The zero-order valence-electron chi connectivity index (χ0n) is 11.3. The van der Waals surface area contributed by atoms with Crippen LogP contribution in [-0.4, -0.2) is 37.6 Å². The summed E-state index contributed by atoms with van der Waals surface area (Å²) < 4.78 is 4.98. The molecular formula is C13H27NO2. The molecule has 3 nitrogen and oxygen atoms in total. The van der Waals surface area contributed by atoms with Gasteiger partial charge in [0.15, 0.2) is 0 Å². The maximum atomic E-state index is 11.4. The van der Waals surface area contributed by atoms with Crippen molar-refractivity contribution in [3.63, 3.8) is 0 Å². The molecule has 16 heavy (non-hydrogen) atoms. The predicted octanol–water partition coefficient (Wildman–Crippen LogP) is 2.84. The Hall–Kier alpha value is -0.570. The van der Waals surface area contributed by atoms with Crippen molar-refractivity contribution < 1.29 is 9.53 Å². The minimum atomic E-state index is -0.0725. The molecule has 0 aliphatic rings. The van der Waals surface area contributed by atoms with E-state index >= 15 is 0 Å². The Morgan fingerprint density at radius 1 is 1.19 bits per heavy atom. The highest BCUT2D eigenvalue weighted by Crippen LogP contribution is 2.12. The van der Waals surface area contributed by atoms with Crippen molar-refractivity contribution in [1.82, 2.24) is 4.90 Å². The van der Waals surface area contributed by atoms with Crippen LogP contribution in [0.2, 0.25) is 0 Å². The van der Waals surface area contributed by atoms with Gasteiger partial charge >= 0.3 is 5.97 Å². The molecule has 0 saturated carbocycles. The number of hydrogen-bond donors (Lipinski definition) is 0. The monoisotopic (exact) mass is 229 g/mol. The maximum absolute atomic E-state index is 11.4. The number of nitrogens with zero attached hydrogens (tertiary/aromatic N) is 1. The van der Waals surface area contributed by atoms with Gasteiger partial charge in [0.1, 0.15) is 0 Å². The van der Waals surface area contributed by atoms with Crippen LogP contribution in [0.5, 0.6) is 0 Å². The van der Waals surface area contributed by atoms with E-state index in [1.165, 1.54) is 25.7 Å². The largest absolute Gasteiger partial charge is 0.466 e. The summed E-state index contributed by atoms with van der Waals surface area (Å²) in [5, 5.41) is 0. The van der Waals surface area contributed by atoms with Gasteiger partial charge in [-0.15, -0.1) is 0 Å². The molecule has 0 heterocycles. The fourth-order valence-corrected chi connectivity index (χ4v) is 1.76. The van der Waals surface area contributed by atoms with Crippen molar-refractivity contribution >= 4 is 5.97 Å². The van der Waals surface area contributed by atoms with E-state index in [2.05, 4.69) is 11.8 Å². The van der Waals surface area contributed by atoms with Crippen LogP contribution in [0.15, 0.2) is 0 Å². The van der Waals surface area contributed by atoms with Gasteiger partial charge in [0.05, 0.1) is 13.0 Å².